The van der Waals surface area contributed by atoms with Gasteiger partial charge >= 0.3 is 0 Å². The fourth-order valence-electron chi connectivity index (χ4n) is 1.76. The summed E-state index contributed by atoms with van der Waals surface area (Å²) >= 11 is 3.87. The molecule has 0 fully saturated rings. The normalized spacial score (nSPS) is 15.1. The Kier molecular flexibility index (Phi) is 6.37. The van der Waals surface area contributed by atoms with E-state index in [1.165, 1.54) is 23.5 Å². The van der Waals surface area contributed by atoms with Gasteiger partial charge in [-0.15, -0.1) is 23.1 Å². The summed E-state index contributed by atoms with van der Waals surface area (Å²) < 4.78 is 1.44. The second-order valence-electron chi connectivity index (χ2n) is 3.68. The van der Waals surface area contributed by atoms with Gasteiger partial charge in [0.15, 0.2) is 0 Å². The number of thioether (sulfide) groups is 1. The molecule has 3 heteroatoms. The van der Waals surface area contributed by atoms with Crippen LogP contribution in [0.25, 0.3) is 0 Å². The molecule has 0 aliphatic rings. The highest BCUT2D eigenvalue weighted by Crippen LogP contribution is 2.32. The van der Waals surface area contributed by atoms with Gasteiger partial charge in [-0.05, 0) is 31.3 Å². The molecule has 0 saturated carbocycles. The van der Waals surface area contributed by atoms with E-state index in [9.17, 15) is 0 Å². The van der Waals surface area contributed by atoms with E-state index in [0.717, 1.165) is 0 Å². The smallest absolute Gasteiger partial charge is 0.0601 e. The Morgan fingerprint density at radius 2 is 2.27 bits per heavy atom. The van der Waals surface area contributed by atoms with Crippen molar-refractivity contribution in [3.8, 4) is 0 Å². The molecule has 1 rings (SSSR count). The van der Waals surface area contributed by atoms with Crippen LogP contribution in [0.1, 0.15) is 33.1 Å². The monoisotopic (exact) mass is 243 g/mol. The first-order chi connectivity index (χ1) is 7.31. The van der Waals surface area contributed by atoms with Gasteiger partial charge in [0.05, 0.1) is 4.21 Å². The largest absolute Gasteiger partial charge is 0.316 e. The van der Waals surface area contributed by atoms with Crippen LogP contribution in [-0.2, 0) is 0 Å². The highest BCUT2D eigenvalue weighted by molar-refractivity contribution is 8.01. The van der Waals surface area contributed by atoms with E-state index in [4.69, 9.17) is 0 Å². The van der Waals surface area contributed by atoms with E-state index in [1.54, 1.807) is 0 Å². The summed E-state index contributed by atoms with van der Waals surface area (Å²) in [4.78, 5) is 0. The van der Waals surface area contributed by atoms with Crippen molar-refractivity contribution in [1.29, 1.82) is 0 Å². The number of hydrogen-bond donors (Lipinski definition) is 1. The summed E-state index contributed by atoms with van der Waals surface area (Å²) in [5, 5.41) is 6.31. The van der Waals surface area contributed by atoms with Crippen molar-refractivity contribution in [1.82, 2.24) is 5.32 Å². The summed E-state index contributed by atoms with van der Waals surface area (Å²) in [7, 11) is 2.08. The van der Waals surface area contributed by atoms with Gasteiger partial charge in [0.25, 0.3) is 0 Å². The number of hydrogen-bond acceptors (Lipinski definition) is 3. The molecule has 1 N–H and O–H groups in total. The molecule has 1 aromatic heterocycles. The molecular weight excluding hydrogens is 222 g/mol. The van der Waals surface area contributed by atoms with E-state index in [-0.39, 0.29) is 0 Å². The maximum Gasteiger partial charge on any atom is 0.0601 e. The van der Waals surface area contributed by atoms with Crippen LogP contribution < -0.4 is 5.32 Å². The van der Waals surface area contributed by atoms with Gasteiger partial charge < -0.3 is 5.32 Å². The van der Waals surface area contributed by atoms with Gasteiger partial charge in [-0.25, -0.2) is 0 Å². The van der Waals surface area contributed by atoms with Gasteiger partial charge in [0, 0.05) is 11.3 Å². The SMILES string of the molecule is CCCC(NC)C(CC)Sc1cccs1. The first kappa shape index (κ1) is 13.1. The second kappa shape index (κ2) is 7.31. The van der Waals surface area contributed by atoms with Crippen molar-refractivity contribution in [3.05, 3.63) is 17.5 Å². The van der Waals surface area contributed by atoms with Crippen molar-refractivity contribution in [2.75, 3.05) is 7.05 Å². The molecule has 0 saturated heterocycles. The average Bonchev–Trinajstić information content (AvgIpc) is 2.75. The fraction of sp³-hybridized carbons (Fsp3) is 0.667. The molecule has 0 aliphatic heterocycles. The molecule has 0 amide bonds. The van der Waals surface area contributed by atoms with Crippen molar-refractivity contribution in [2.24, 2.45) is 0 Å². The van der Waals surface area contributed by atoms with Crippen molar-refractivity contribution in [2.45, 2.75) is 48.6 Å². The van der Waals surface area contributed by atoms with Crippen LogP contribution in [-0.4, -0.2) is 18.3 Å². The van der Waals surface area contributed by atoms with Gasteiger partial charge in [-0.1, -0.05) is 26.3 Å². The van der Waals surface area contributed by atoms with Gasteiger partial charge in [-0.2, -0.15) is 0 Å². The topological polar surface area (TPSA) is 12.0 Å². The summed E-state index contributed by atoms with van der Waals surface area (Å²) in [6.45, 7) is 4.54. The van der Waals surface area contributed by atoms with Gasteiger partial charge in [0.1, 0.15) is 0 Å². The minimum Gasteiger partial charge on any atom is -0.316 e. The summed E-state index contributed by atoms with van der Waals surface area (Å²) in [6, 6.07) is 5.00. The summed E-state index contributed by atoms with van der Waals surface area (Å²) in [6.07, 6.45) is 3.76. The lowest BCUT2D eigenvalue weighted by Crippen LogP contribution is -2.35. The van der Waals surface area contributed by atoms with Gasteiger partial charge in [-0.3, -0.25) is 0 Å². The molecule has 0 radical (unpaired) electrons. The Labute approximate surface area is 102 Å². The first-order valence-corrected chi connectivity index (χ1v) is 7.45. The third-order valence-corrected chi connectivity index (χ3v) is 5.16. The molecule has 0 aliphatic carbocycles. The first-order valence-electron chi connectivity index (χ1n) is 5.69. The Morgan fingerprint density at radius 3 is 2.73 bits per heavy atom. The Hall–Kier alpha value is 0.01000. The maximum absolute atomic E-state index is 3.45. The number of thiophene rings is 1. The van der Waals surface area contributed by atoms with E-state index in [0.29, 0.717) is 11.3 Å². The maximum atomic E-state index is 3.45. The van der Waals surface area contributed by atoms with Crippen LogP contribution in [0.5, 0.6) is 0 Å². The molecule has 15 heavy (non-hydrogen) atoms. The van der Waals surface area contributed by atoms with Crippen molar-refractivity contribution in [3.63, 3.8) is 0 Å². The quantitative estimate of drug-likeness (QED) is 0.726. The predicted octanol–water partition coefficient (Wildman–Crippen LogP) is 4.01. The number of nitrogens with one attached hydrogen (secondary N) is 1. The fourth-order valence-corrected chi connectivity index (χ4v) is 4.02. The van der Waals surface area contributed by atoms with E-state index in [2.05, 4.69) is 43.7 Å². The Balaban J connectivity index is 2.53. The van der Waals surface area contributed by atoms with Gasteiger partial charge in [0.2, 0.25) is 0 Å². The molecule has 0 aromatic carbocycles. The molecule has 2 atom stereocenters. The lowest BCUT2D eigenvalue weighted by atomic mass is 10.1. The molecule has 0 spiro atoms. The zero-order valence-corrected chi connectivity index (χ0v) is 11.5. The second-order valence-corrected chi connectivity index (χ2v) is 6.17. The third kappa shape index (κ3) is 4.17. The van der Waals surface area contributed by atoms with E-state index in [1.807, 2.05) is 23.1 Å². The zero-order valence-electron chi connectivity index (χ0n) is 9.82. The Bertz CT molecular complexity index is 246. The van der Waals surface area contributed by atoms with E-state index >= 15 is 0 Å². The van der Waals surface area contributed by atoms with Crippen LogP contribution in [0.2, 0.25) is 0 Å². The average molecular weight is 243 g/mol. The summed E-state index contributed by atoms with van der Waals surface area (Å²) in [5.41, 5.74) is 0. The molecule has 86 valence electrons. The minimum absolute atomic E-state index is 0.645. The summed E-state index contributed by atoms with van der Waals surface area (Å²) in [5.74, 6) is 0. The molecular formula is C12H21NS2. The standard InChI is InChI=1S/C12H21NS2/c1-4-7-10(13-3)11(5-2)15-12-8-6-9-14-12/h6,8-11,13H,4-5,7H2,1-3H3. The van der Waals surface area contributed by atoms with Crippen molar-refractivity contribution >= 4 is 23.1 Å². The molecule has 1 nitrogen and oxygen atoms in total. The van der Waals surface area contributed by atoms with Crippen LogP contribution >= 0.6 is 23.1 Å². The highest BCUT2D eigenvalue weighted by Gasteiger charge is 2.18. The van der Waals surface area contributed by atoms with E-state index < -0.39 is 0 Å². The Morgan fingerprint density at radius 1 is 1.47 bits per heavy atom. The molecule has 1 heterocycles. The van der Waals surface area contributed by atoms with Crippen LogP contribution in [0.3, 0.4) is 0 Å². The highest BCUT2D eigenvalue weighted by atomic mass is 32.2. The predicted molar refractivity (Wildman–Crippen MR) is 72.0 cm³/mol. The lowest BCUT2D eigenvalue weighted by molar-refractivity contribution is 0.490. The zero-order chi connectivity index (χ0) is 11.1. The number of rotatable bonds is 7. The molecule has 2 unspecified atom stereocenters. The molecule has 0 bridgehead atoms. The van der Waals surface area contributed by atoms with Crippen molar-refractivity contribution < 1.29 is 0 Å². The van der Waals surface area contributed by atoms with Crippen LogP contribution in [0.4, 0.5) is 0 Å². The minimum atomic E-state index is 0.645. The molecule has 1 aromatic rings. The van der Waals surface area contributed by atoms with Crippen LogP contribution in [0.15, 0.2) is 21.7 Å². The lowest BCUT2D eigenvalue weighted by Gasteiger charge is -2.24. The van der Waals surface area contributed by atoms with Crippen LogP contribution in [0, 0.1) is 0 Å². The third-order valence-electron chi connectivity index (χ3n) is 2.58.